The van der Waals surface area contributed by atoms with Gasteiger partial charge in [0.1, 0.15) is 24.6 Å². The minimum atomic E-state index is -3.49. The van der Waals surface area contributed by atoms with E-state index in [9.17, 15) is 18.5 Å². The third-order valence-corrected chi connectivity index (χ3v) is 6.24. The van der Waals surface area contributed by atoms with Crippen LogP contribution >= 0.6 is 0 Å². The number of benzene rings is 2. The number of nitro groups is 1. The van der Waals surface area contributed by atoms with Crippen molar-refractivity contribution in [3.05, 3.63) is 58.1 Å². The van der Waals surface area contributed by atoms with Gasteiger partial charge >= 0.3 is 0 Å². The van der Waals surface area contributed by atoms with Crippen molar-refractivity contribution in [1.82, 2.24) is 0 Å². The Morgan fingerprint density at radius 2 is 1.79 bits per heavy atom. The highest BCUT2D eigenvalue weighted by Crippen LogP contribution is 2.30. The molecule has 0 radical (unpaired) electrons. The first kappa shape index (κ1) is 21.1. The number of hydrogen-bond donors (Lipinski definition) is 1. The normalized spacial score (nSPS) is 15.3. The molecule has 0 saturated carbocycles. The number of nitro benzene ring substituents is 1. The Morgan fingerprint density at radius 3 is 2.38 bits per heavy atom. The topological polar surface area (TPSA) is 94.2 Å². The molecule has 0 aliphatic carbocycles. The lowest BCUT2D eigenvalue weighted by Gasteiger charge is -2.33. The van der Waals surface area contributed by atoms with Gasteiger partial charge in [-0.3, -0.25) is 10.1 Å². The molecule has 0 atom stereocenters. The van der Waals surface area contributed by atoms with Crippen LogP contribution in [0.5, 0.6) is 5.75 Å². The zero-order valence-electron chi connectivity index (χ0n) is 16.6. The van der Waals surface area contributed by atoms with Crippen LogP contribution in [0.15, 0.2) is 47.4 Å². The van der Waals surface area contributed by atoms with Crippen LogP contribution in [-0.2, 0) is 9.84 Å². The standard InChI is InChI=1S/C20H25N3O5S/c1-16-3-5-17(6-4-16)28-14-13-21-9-11-22(12-10-21)19-8-7-18(29(2,26)27)15-20(19)23(24)25/h3-8,15H,9-14H2,1-2H3/p+1. The molecule has 0 unspecified atom stereocenters. The molecule has 1 aliphatic heterocycles. The number of sulfone groups is 1. The quantitative estimate of drug-likeness (QED) is 0.532. The molecule has 1 fully saturated rings. The van der Waals surface area contributed by atoms with Crippen molar-refractivity contribution in [2.24, 2.45) is 0 Å². The number of hydrogen-bond acceptors (Lipinski definition) is 6. The van der Waals surface area contributed by atoms with Gasteiger partial charge in [-0.15, -0.1) is 0 Å². The molecule has 3 rings (SSSR count). The molecule has 9 heteroatoms. The maximum absolute atomic E-state index is 11.7. The second-order valence-electron chi connectivity index (χ2n) is 7.33. The molecular formula is C20H26N3O5S+. The Hall–Kier alpha value is -2.65. The molecule has 0 amide bonds. The third-order valence-electron chi connectivity index (χ3n) is 5.13. The fourth-order valence-electron chi connectivity index (χ4n) is 3.41. The molecule has 1 saturated heterocycles. The highest BCUT2D eigenvalue weighted by Gasteiger charge is 2.27. The van der Waals surface area contributed by atoms with E-state index in [1.807, 2.05) is 36.1 Å². The first-order valence-electron chi connectivity index (χ1n) is 9.50. The maximum atomic E-state index is 11.7. The average Bonchev–Trinajstić information content (AvgIpc) is 2.69. The van der Waals surface area contributed by atoms with Crippen molar-refractivity contribution in [2.45, 2.75) is 11.8 Å². The Bertz CT molecular complexity index is 968. The number of nitrogens with one attached hydrogen (secondary N) is 1. The van der Waals surface area contributed by atoms with Gasteiger partial charge in [-0.05, 0) is 31.2 Å². The summed E-state index contributed by atoms with van der Waals surface area (Å²) in [5.74, 6) is 0.857. The number of aryl methyl sites for hydroxylation is 1. The van der Waals surface area contributed by atoms with E-state index in [-0.39, 0.29) is 10.6 Å². The largest absolute Gasteiger partial charge is 0.488 e. The number of nitrogens with zero attached hydrogens (tertiary/aromatic N) is 2. The number of piperazine rings is 1. The molecule has 2 aromatic rings. The smallest absolute Gasteiger partial charge is 0.293 e. The molecule has 156 valence electrons. The summed E-state index contributed by atoms with van der Waals surface area (Å²) in [4.78, 5) is 14.2. The minimum absolute atomic E-state index is 0.0366. The summed E-state index contributed by atoms with van der Waals surface area (Å²) in [6.45, 7) is 6.51. The average molecular weight is 421 g/mol. The summed E-state index contributed by atoms with van der Waals surface area (Å²) >= 11 is 0. The fourth-order valence-corrected chi connectivity index (χ4v) is 4.05. The van der Waals surface area contributed by atoms with Crippen molar-refractivity contribution in [3.63, 3.8) is 0 Å². The summed E-state index contributed by atoms with van der Waals surface area (Å²) in [5, 5.41) is 11.5. The molecular weight excluding hydrogens is 394 g/mol. The number of rotatable bonds is 7. The maximum Gasteiger partial charge on any atom is 0.293 e. The van der Waals surface area contributed by atoms with E-state index in [1.54, 1.807) is 6.07 Å². The lowest BCUT2D eigenvalue weighted by Crippen LogP contribution is -3.15. The second kappa shape index (κ2) is 8.79. The van der Waals surface area contributed by atoms with Crippen molar-refractivity contribution in [1.29, 1.82) is 0 Å². The summed E-state index contributed by atoms with van der Waals surface area (Å²) in [6, 6.07) is 12.1. The van der Waals surface area contributed by atoms with Crippen molar-refractivity contribution >= 4 is 21.2 Å². The minimum Gasteiger partial charge on any atom is -0.488 e. The Balaban J connectivity index is 1.57. The van der Waals surface area contributed by atoms with Crippen LogP contribution in [0.4, 0.5) is 11.4 Å². The molecule has 8 nitrogen and oxygen atoms in total. The van der Waals surface area contributed by atoms with E-state index < -0.39 is 14.8 Å². The van der Waals surface area contributed by atoms with Gasteiger partial charge in [-0.2, -0.15) is 0 Å². The lowest BCUT2D eigenvalue weighted by atomic mass is 10.2. The first-order chi connectivity index (χ1) is 13.7. The van der Waals surface area contributed by atoms with E-state index in [0.29, 0.717) is 25.4 Å². The van der Waals surface area contributed by atoms with E-state index in [4.69, 9.17) is 4.74 Å². The zero-order valence-corrected chi connectivity index (χ0v) is 17.4. The third kappa shape index (κ3) is 5.45. The summed E-state index contributed by atoms with van der Waals surface area (Å²) in [7, 11) is -3.49. The fraction of sp³-hybridized carbons (Fsp3) is 0.400. The highest BCUT2D eigenvalue weighted by molar-refractivity contribution is 7.90. The number of quaternary nitrogens is 1. The predicted molar refractivity (Wildman–Crippen MR) is 111 cm³/mol. The summed E-state index contributed by atoms with van der Waals surface area (Å²) in [6.07, 6.45) is 1.05. The van der Waals surface area contributed by atoms with E-state index in [0.717, 1.165) is 37.7 Å². The predicted octanol–water partition coefficient (Wildman–Crippen LogP) is 1.09. The van der Waals surface area contributed by atoms with Crippen molar-refractivity contribution < 1.29 is 23.0 Å². The number of anilines is 1. The molecule has 1 N–H and O–H groups in total. The van der Waals surface area contributed by atoms with Crippen LogP contribution in [0.3, 0.4) is 0 Å². The lowest BCUT2D eigenvalue weighted by molar-refractivity contribution is -0.900. The van der Waals surface area contributed by atoms with E-state index in [1.165, 1.54) is 16.5 Å². The molecule has 0 aromatic heterocycles. The summed E-state index contributed by atoms with van der Waals surface area (Å²) < 4.78 is 29.2. The number of ether oxygens (including phenoxy) is 1. The van der Waals surface area contributed by atoms with Gasteiger partial charge in [0.2, 0.25) is 0 Å². The Morgan fingerprint density at radius 1 is 1.14 bits per heavy atom. The second-order valence-corrected chi connectivity index (χ2v) is 9.34. The molecule has 0 spiro atoms. The van der Waals surface area contributed by atoms with Gasteiger partial charge in [0.25, 0.3) is 5.69 Å². The molecule has 1 heterocycles. The van der Waals surface area contributed by atoms with Crippen molar-refractivity contribution in [2.75, 3.05) is 50.5 Å². The van der Waals surface area contributed by atoms with Gasteiger partial charge in [0, 0.05) is 12.3 Å². The van der Waals surface area contributed by atoms with Crippen LogP contribution in [-0.4, -0.2) is 58.9 Å². The van der Waals surface area contributed by atoms with Gasteiger partial charge in [0.05, 0.1) is 36.0 Å². The van der Waals surface area contributed by atoms with Gasteiger partial charge < -0.3 is 14.5 Å². The molecule has 29 heavy (non-hydrogen) atoms. The van der Waals surface area contributed by atoms with Crippen LogP contribution in [0, 0.1) is 17.0 Å². The Labute approximate surface area is 170 Å². The van der Waals surface area contributed by atoms with Crippen LogP contribution in [0.1, 0.15) is 5.56 Å². The Kier molecular flexibility index (Phi) is 6.39. The monoisotopic (exact) mass is 420 g/mol. The van der Waals surface area contributed by atoms with E-state index in [2.05, 4.69) is 0 Å². The SMILES string of the molecule is Cc1ccc(OCC[NH+]2CCN(c3ccc(S(C)(=O)=O)cc3[N+](=O)[O-])CC2)cc1. The van der Waals surface area contributed by atoms with E-state index >= 15 is 0 Å². The summed E-state index contributed by atoms with van der Waals surface area (Å²) in [5.41, 5.74) is 1.49. The van der Waals surface area contributed by atoms with Crippen LogP contribution in [0.2, 0.25) is 0 Å². The van der Waals surface area contributed by atoms with Gasteiger partial charge in [-0.1, -0.05) is 17.7 Å². The van der Waals surface area contributed by atoms with Gasteiger partial charge in [-0.25, -0.2) is 8.42 Å². The molecule has 0 bridgehead atoms. The molecule has 1 aliphatic rings. The van der Waals surface area contributed by atoms with Crippen LogP contribution < -0.4 is 14.5 Å². The first-order valence-corrected chi connectivity index (χ1v) is 11.4. The zero-order chi connectivity index (χ0) is 21.0. The highest BCUT2D eigenvalue weighted by atomic mass is 32.2. The molecule has 2 aromatic carbocycles. The van der Waals surface area contributed by atoms with Gasteiger partial charge in [0.15, 0.2) is 9.84 Å². The van der Waals surface area contributed by atoms with Crippen LogP contribution in [0.25, 0.3) is 0 Å². The van der Waals surface area contributed by atoms with Crippen molar-refractivity contribution in [3.8, 4) is 5.75 Å².